The minimum Gasteiger partial charge on any atom is -0.491 e. The molecule has 0 saturated carbocycles. The monoisotopic (exact) mass is 309 g/mol. The molecule has 1 unspecified atom stereocenters. The number of benzene rings is 2. The molecule has 5 heteroatoms. The molecule has 112 valence electrons. The van der Waals surface area contributed by atoms with E-state index in [0.717, 1.165) is 11.3 Å². The largest absolute Gasteiger partial charge is 0.491 e. The Bertz CT molecular complexity index is 589. The van der Waals surface area contributed by atoms with Crippen molar-refractivity contribution in [3.63, 3.8) is 0 Å². The molecule has 0 bridgehead atoms. The number of rotatable bonds is 6. The van der Waals surface area contributed by atoms with Gasteiger partial charge in [-0.3, -0.25) is 0 Å². The maximum Gasteiger partial charge on any atom is 0.123 e. The van der Waals surface area contributed by atoms with Crippen LogP contribution in [0.5, 0.6) is 5.75 Å². The molecule has 2 rings (SSSR count). The van der Waals surface area contributed by atoms with Gasteiger partial charge in [-0.25, -0.2) is 4.39 Å². The van der Waals surface area contributed by atoms with Crippen molar-refractivity contribution in [2.24, 2.45) is 0 Å². The van der Waals surface area contributed by atoms with E-state index in [9.17, 15) is 9.50 Å². The molecule has 0 aliphatic heterocycles. The first-order chi connectivity index (χ1) is 10.0. The lowest BCUT2D eigenvalue weighted by atomic mass is 10.2. The molecule has 21 heavy (non-hydrogen) atoms. The van der Waals surface area contributed by atoms with Gasteiger partial charge in [0.2, 0.25) is 0 Å². The van der Waals surface area contributed by atoms with Crippen LogP contribution < -0.4 is 10.1 Å². The Hall–Kier alpha value is -1.78. The lowest BCUT2D eigenvalue weighted by Gasteiger charge is -2.15. The van der Waals surface area contributed by atoms with Crippen molar-refractivity contribution < 1.29 is 14.2 Å². The summed E-state index contributed by atoms with van der Waals surface area (Å²) in [5, 5.41) is 13.5. The van der Waals surface area contributed by atoms with Crippen molar-refractivity contribution >= 4 is 17.3 Å². The third-order valence-electron chi connectivity index (χ3n) is 2.91. The zero-order chi connectivity index (χ0) is 15.2. The number of ether oxygens (including phenoxy) is 1. The van der Waals surface area contributed by atoms with E-state index in [2.05, 4.69) is 5.32 Å². The van der Waals surface area contributed by atoms with Crippen molar-refractivity contribution in [2.45, 2.75) is 13.0 Å². The third-order valence-corrected chi connectivity index (χ3v) is 3.22. The van der Waals surface area contributed by atoms with Crippen molar-refractivity contribution in [3.8, 4) is 5.75 Å². The van der Waals surface area contributed by atoms with Gasteiger partial charge in [-0.05, 0) is 48.9 Å². The highest BCUT2D eigenvalue weighted by Gasteiger charge is 2.07. The predicted octanol–water partition coefficient (Wildman–Crippen LogP) is 3.64. The fourth-order valence-corrected chi connectivity index (χ4v) is 2.08. The van der Waals surface area contributed by atoms with E-state index >= 15 is 0 Å². The predicted molar refractivity (Wildman–Crippen MR) is 82.6 cm³/mol. The molecule has 0 amide bonds. The summed E-state index contributed by atoms with van der Waals surface area (Å²) >= 11 is 6.09. The first kappa shape index (κ1) is 15.6. The van der Waals surface area contributed by atoms with Gasteiger partial charge < -0.3 is 15.2 Å². The maximum atomic E-state index is 12.7. The molecule has 0 aromatic heterocycles. The molecule has 2 aromatic rings. The van der Waals surface area contributed by atoms with E-state index in [-0.39, 0.29) is 12.4 Å². The first-order valence-corrected chi connectivity index (χ1v) is 6.99. The number of anilines is 1. The summed E-state index contributed by atoms with van der Waals surface area (Å²) in [5.74, 6) is 0.197. The fraction of sp³-hybridized carbons (Fsp3) is 0.250. The number of hydrogen-bond acceptors (Lipinski definition) is 3. The van der Waals surface area contributed by atoms with Gasteiger partial charge in [0.15, 0.2) is 0 Å². The van der Waals surface area contributed by atoms with Gasteiger partial charge in [0.25, 0.3) is 0 Å². The molecule has 0 spiro atoms. The number of nitrogens with one attached hydrogen (secondary N) is 1. The summed E-state index contributed by atoms with van der Waals surface area (Å²) in [6.07, 6.45) is -0.701. The van der Waals surface area contributed by atoms with Crippen LogP contribution in [-0.4, -0.2) is 24.4 Å². The Morgan fingerprint density at radius 1 is 1.24 bits per heavy atom. The number of halogens is 2. The molecule has 0 aliphatic rings. The summed E-state index contributed by atoms with van der Waals surface area (Å²) in [6.45, 7) is 2.38. The van der Waals surface area contributed by atoms with E-state index in [0.29, 0.717) is 17.3 Å². The highest BCUT2D eigenvalue weighted by Crippen LogP contribution is 2.22. The van der Waals surface area contributed by atoms with Crippen LogP contribution in [0, 0.1) is 12.7 Å². The lowest BCUT2D eigenvalue weighted by Crippen LogP contribution is -2.26. The zero-order valence-corrected chi connectivity index (χ0v) is 12.4. The first-order valence-electron chi connectivity index (χ1n) is 6.61. The maximum absolute atomic E-state index is 12.7. The van der Waals surface area contributed by atoms with Gasteiger partial charge in [0.05, 0.1) is 10.7 Å². The Morgan fingerprint density at radius 2 is 1.95 bits per heavy atom. The Labute approximate surface area is 128 Å². The number of hydrogen-bond donors (Lipinski definition) is 2. The molecule has 0 heterocycles. The van der Waals surface area contributed by atoms with Crippen molar-refractivity contribution in [3.05, 3.63) is 58.9 Å². The molecule has 1 atom stereocenters. The quantitative estimate of drug-likeness (QED) is 0.856. The highest BCUT2D eigenvalue weighted by atomic mass is 35.5. The van der Waals surface area contributed by atoms with Crippen LogP contribution in [0.3, 0.4) is 0 Å². The number of aryl methyl sites for hydroxylation is 1. The zero-order valence-electron chi connectivity index (χ0n) is 11.6. The van der Waals surface area contributed by atoms with Crippen LogP contribution in [0.25, 0.3) is 0 Å². The molecule has 2 N–H and O–H groups in total. The molecule has 2 aromatic carbocycles. The van der Waals surface area contributed by atoms with E-state index in [1.54, 1.807) is 0 Å². The van der Waals surface area contributed by atoms with Crippen LogP contribution >= 0.6 is 11.6 Å². The van der Waals surface area contributed by atoms with E-state index in [4.69, 9.17) is 16.3 Å². The lowest BCUT2D eigenvalue weighted by molar-refractivity contribution is 0.117. The molecular formula is C16H17ClFNO2. The average Bonchev–Trinajstić information content (AvgIpc) is 2.46. The second-order valence-electron chi connectivity index (χ2n) is 4.78. The summed E-state index contributed by atoms with van der Waals surface area (Å²) < 4.78 is 18.1. The van der Waals surface area contributed by atoms with Gasteiger partial charge >= 0.3 is 0 Å². The van der Waals surface area contributed by atoms with Gasteiger partial charge in [-0.1, -0.05) is 17.7 Å². The minimum atomic E-state index is -0.701. The van der Waals surface area contributed by atoms with Gasteiger partial charge in [0, 0.05) is 6.54 Å². The fourth-order valence-electron chi connectivity index (χ4n) is 1.77. The van der Waals surface area contributed by atoms with Crippen LogP contribution in [0.2, 0.25) is 5.02 Å². The third kappa shape index (κ3) is 4.92. The molecule has 0 aliphatic carbocycles. The second kappa shape index (κ2) is 7.29. The van der Waals surface area contributed by atoms with Crippen LogP contribution in [0.15, 0.2) is 42.5 Å². The SMILES string of the molecule is Cc1ccc(NCC(O)COc2ccc(F)cc2)c(Cl)c1. The average molecular weight is 310 g/mol. The summed E-state index contributed by atoms with van der Waals surface area (Å²) in [5.41, 5.74) is 1.84. The van der Waals surface area contributed by atoms with E-state index < -0.39 is 6.10 Å². The summed E-state index contributed by atoms with van der Waals surface area (Å²) in [4.78, 5) is 0. The van der Waals surface area contributed by atoms with Crippen molar-refractivity contribution in [1.82, 2.24) is 0 Å². The van der Waals surface area contributed by atoms with Gasteiger partial charge in [0.1, 0.15) is 24.3 Å². The van der Waals surface area contributed by atoms with Gasteiger partial charge in [-0.2, -0.15) is 0 Å². The summed E-state index contributed by atoms with van der Waals surface area (Å²) in [7, 11) is 0. The van der Waals surface area contributed by atoms with Crippen molar-refractivity contribution in [2.75, 3.05) is 18.5 Å². The topological polar surface area (TPSA) is 41.5 Å². The molecule has 0 radical (unpaired) electrons. The standard InChI is InChI=1S/C16H17ClFNO2/c1-11-2-7-16(15(17)8-11)19-9-13(20)10-21-14-5-3-12(18)4-6-14/h2-8,13,19-20H,9-10H2,1H3. The van der Waals surface area contributed by atoms with E-state index in [1.165, 1.54) is 24.3 Å². The normalized spacial score (nSPS) is 12.0. The van der Waals surface area contributed by atoms with Crippen LogP contribution in [0.1, 0.15) is 5.56 Å². The molecule has 3 nitrogen and oxygen atoms in total. The number of aliphatic hydroxyl groups excluding tert-OH is 1. The number of aliphatic hydroxyl groups is 1. The van der Waals surface area contributed by atoms with Gasteiger partial charge in [-0.15, -0.1) is 0 Å². The highest BCUT2D eigenvalue weighted by molar-refractivity contribution is 6.33. The van der Waals surface area contributed by atoms with Crippen molar-refractivity contribution in [1.29, 1.82) is 0 Å². The molecule has 0 fully saturated rings. The smallest absolute Gasteiger partial charge is 0.123 e. The van der Waals surface area contributed by atoms with E-state index in [1.807, 2.05) is 25.1 Å². The second-order valence-corrected chi connectivity index (χ2v) is 5.19. The Balaban J connectivity index is 1.79. The Morgan fingerprint density at radius 3 is 2.62 bits per heavy atom. The van der Waals surface area contributed by atoms with Crippen LogP contribution in [0.4, 0.5) is 10.1 Å². The van der Waals surface area contributed by atoms with Crippen LogP contribution in [-0.2, 0) is 0 Å². The Kier molecular flexibility index (Phi) is 5.42. The minimum absolute atomic E-state index is 0.113. The molecule has 0 saturated heterocycles. The summed E-state index contributed by atoms with van der Waals surface area (Å²) in [6, 6.07) is 11.3. The molecular weight excluding hydrogens is 293 g/mol.